The van der Waals surface area contributed by atoms with Crippen LogP contribution in [0.1, 0.15) is 261 Å². The minimum Gasteiger partial charge on any atom is -0.459 e. The van der Waals surface area contributed by atoms with Crippen LogP contribution in [0.15, 0.2) is 19.6 Å². The van der Waals surface area contributed by atoms with Crippen molar-refractivity contribution in [3.05, 3.63) is 44.6 Å². The number of hydrogen-bond donors (Lipinski definition) is 0. The van der Waals surface area contributed by atoms with Crippen molar-refractivity contribution in [1.82, 2.24) is 29.2 Å². The predicted molar refractivity (Wildman–Crippen MR) is 330 cm³/mol. The van der Waals surface area contributed by atoms with Crippen molar-refractivity contribution >= 4 is 103 Å². The molecule has 2 atom stereocenters. The molecule has 2 unspecified atom stereocenters. The highest BCUT2D eigenvalue weighted by Crippen LogP contribution is 2.68. The zero-order valence-electron chi connectivity index (χ0n) is 50.4. The van der Waals surface area contributed by atoms with Gasteiger partial charge in [-0.1, -0.05) is 126 Å². The van der Waals surface area contributed by atoms with Crippen LogP contribution in [0.3, 0.4) is 0 Å². The molecular weight excluding hydrogens is 1200 g/mol. The average molecular weight is 1280 g/mol. The van der Waals surface area contributed by atoms with E-state index in [1.165, 1.54) is 9.03 Å². The Balaban J connectivity index is 1.12. The summed E-state index contributed by atoms with van der Waals surface area (Å²) in [5.41, 5.74) is -0.692. The highest BCUT2D eigenvalue weighted by Gasteiger charge is 2.43. The lowest BCUT2D eigenvalue weighted by Crippen LogP contribution is -2.23. The summed E-state index contributed by atoms with van der Waals surface area (Å²) in [7, 11) is 0. The maximum Gasteiger partial charge on any atom is 0.378 e. The van der Waals surface area contributed by atoms with E-state index >= 15 is 0 Å². The molecule has 0 bridgehead atoms. The first-order chi connectivity index (χ1) is 42.9. The Morgan fingerprint density at radius 2 is 0.784 bits per heavy atom. The van der Waals surface area contributed by atoms with E-state index < -0.39 is 59.9 Å². The number of unbranched alkanes of at least 4 members (excludes halogenated alkanes) is 2. The second-order valence-electron chi connectivity index (χ2n) is 23.7. The molecule has 0 amide bonds. The monoisotopic (exact) mass is 1270 g/mol. The lowest BCUT2D eigenvalue weighted by Gasteiger charge is -2.21. The van der Waals surface area contributed by atoms with E-state index in [1.54, 1.807) is 0 Å². The number of hydrogen-bond acceptors (Lipinski definition) is 22. The fourth-order valence-corrected chi connectivity index (χ4v) is 18.2. The Labute approximate surface area is 528 Å². The molecule has 20 nitrogen and oxygen atoms in total. The van der Waals surface area contributed by atoms with Crippen LogP contribution in [-0.4, -0.2) is 89.4 Å². The molecule has 0 radical (unpaired) electrons. The summed E-state index contributed by atoms with van der Waals surface area (Å²) in [6.45, 7) is 7.93. The maximum atomic E-state index is 14.8. The van der Waals surface area contributed by atoms with Gasteiger partial charge in [0.1, 0.15) is 58.4 Å². The first-order valence-electron chi connectivity index (χ1n) is 31.8. The number of benzene rings is 1. The van der Waals surface area contributed by atoms with Crippen LogP contribution >= 0.6 is 47.0 Å². The lowest BCUT2D eigenvalue weighted by molar-refractivity contribution is -0.141. The standard InChI is InChI=1S/C64H74N8O12S4/c1-5-9-23-35(7-3)57(73)83-47-49-51(87-63(85-49)45-41(33-65)43(59(75)79-37-25-15-11-16-26-37)55-67-53(69-71(45)55)61(77)81-39-29-19-13-20-30-39)48(84-58(74)36(8-4)24-10-6-2)52-50(47)86-64(88-52)46-42(34-66)44(60(76)80-38-27-17-12-18-28-38)56-68-54(70-72(46)56)62(78)82-40-31-21-14-22-32-40/h35-40H,5-32H2,1-4H3. The van der Waals surface area contributed by atoms with E-state index in [2.05, 4.69) is 32.3 Å². The summed E-state index contributed by atoms with van der Waals surface area (Å²) in [5, 5.41) is 32.1. The third-order valence-electron chi connectivity index (χ3n) is 17.6. The molecule has 6 heterocycles. The molecule has 2 aliphatic heterocycles. The largest absolute Gasteiger partial charge is 0.459 e. The molecule has 6 aliphatic rings. The number of aromatic nitrogens is 6. The van der Waals surface area contributed by atoms with E-state index in [9.17, 15) is 39.3 Å². The van der Waals surface area contributed by atoms with Gasteiger partial charge in [0.15, 0.2) is 22.8 Å². The number of rotatable bonds is 20. The summed E-state index contributed by atoms with van der Waals surface area (Å²) in [6, 6.07) is 4.52. The van der Waals surface area contributed by atoms with Gasteiger partial charge in [-0.15, -0.1) is 10.2 Å². The van der Waals surface area contributed by atoms with Gasteiger partial charge in [0.05, 0.1) is 51.0 Å². The van der Waals surface area contributed by atoms with Gasteiger partial charge < -0.3 is 28.4 Å². The van der Waals surface area contributed by atoms with Crippen LogP contribution < -0.4 is 20.2 Å². The van der Waals surface area contributed by atoms with Gasteiger partial charge in [0, 0.05) is 0 Å². The van der Waals surface area contributed by atoms with E-state index in [4.69, 9.17) is 28.4 Å². The number of esters is 6. The van der Waals surface area contributed by atoms with Gasteiger partial charge in [0.25, 0.3) is 11.6 Å². The molecule has 1 aromatic carbocycles. The minimum atomic E-state index is -0.788. The molecule has 0 saturated heterocycles. The van der Waals surface area contributed by atoms with E-state index in [0.29, 0.717) is 105 Å². The number of carbonyl (C=O) groups excluding carboxylic acids is 6. The number of nitriles is 2. The molecule has 4 saturated carbocycles. The van der Waals surface area contributed by atoms with Crippen LogP contribution in [0.4, 0.5) is 0 Å². The molecule has 88 heavy (non-hydrogen) atoms. The maximum absolute atomic E-state index is 14.8. The van der Waals surface area contributed by atoms with Crippen LogP contribution in [0.5, 0.6) is 11.5 Å². The molecule has 0 N–H and O–H groups in total. The summed E-state index contributed by atoms with van der Waals surface area (Å²) in [5.74, 6) is -5.57. The molecule has 0 spiro atoms. The highest BCUT2D eigenvalue weighted by molar-refractivity contribution is 8.33. The SMILES string of the molecule is CCCCC(CC)C(=O)Oc1c2c(c(OC(=O)C(CC)CCCC)c3c1SC(=c1c(C#N)c(C(=O)OC4CCCCC4)c4nc(C(=O)OC5CCCCC5)nn14)S3)SC(=c1c(C#N)c(C(=O)OC3CCCCC3)c3nc(C(=O)OC4CCCCC4)nn13)S2. The molecule has 466 valence electrons. The van der Waals surface area contributed by atoms with Crippen molar-refractivity contribution in [2.24, 2.45) is 11.8 Å². The fraction of sp³-hybridized carbons (Fsp3) is 0.594. The first-order valence-corrected chi connectivity index (χ1v) is 35.1. The van der Waals surface area contributed by atoms with Crippen molar-refractivity contribution < 1.29 is 57.2 Å². The molecule has 11 rings (SSSR count). The Morgan fingerprint density at radius 1 is 0.477 bits per heavy atom. The number of nitrogens with zero attached hydrogens (tertiary/aromatic N) is 8. The number of thioether (sulfide) groups is 4. The first kappa shape index (κ1) is 63.2. The third kappa shape index (κ3) is 13.1. The average Bonchev–Trinajstić information content (AvgIpc) is 1.80. The van der Waals surface area contributed by atoms with Crippen LogP contribution in [0.25, 0.3) is 19.8 Å². The molecule has 4 aliphatic carbocycles. The fourth-order valence-electron chi connectivity index (χ4n) is 12.7. The Hall–Kier alpha value is -6.34. The van der Waals surface area contributed by atoms with Crippen molar-refractivity contribution in [1.29, 1.82) is 10.5 Å². The number of ether oxygens (including phenoxy) is 6. The van der Waals surface area contributed by atoms with Crippen LogP contribution in [0, 0.1) is 34.5 Å². The van der Waals surface area contributed by atoms with E-state index in [-0.39, 0.29) is 79.6 Å². The predicted octanol–water partition coefficient (Wildman–Crippen LogP) is 13.1. The minimum absolute atomic E-state index is 0.0722. The second kappa shape index (κ2) is 28.7. The summed E-state index contributed by atoms with van der Waals surface area (Å²) in [6.07, 6.45) is 20.3. The lowest BCUT2D eigenvalue weighted by atomic mass is 9.98. The second-order valence-corrected chi connectivity index (χ2v) is 28.3. The van der Waals surface area contributed by atoms with Gasteiger partial charge in [-0.25, -0.2) is 38.2 Å². The Morgan fingerprint density at radius 3 is 1.07 bits per heavy atom. The van der Waals surface area contributed by atoms with Crippen LogP contribution in [0.2, 0.25) is 0 Å². The van der Waals surface area contributed by atoms with E-state index in [0.717, 1.165) is 150 Å². The summed E-state index contributed by atoms with van der Waals surface area (Å²) >= 11 is 4.45. The number of fused-ring (bicyclic) bond motifs is 4. The van der Waals surface area contributed by atoms with Gasteiger partial charge in [-0.05, 0) is 128 Å². The Kier molecular flexibility index (Phi) is 20.6. The van der Waals surface area contributed by atoms with Gasteiger partial charge >= 0.3 is 35.8 Å². The smallest absolute Gasteiger partial charge is 0.378 e. The van der Waals surface area contributed by atoms with Crippen molar-refractivity contribution in [2.45, 2.75) is 251 Å². The van der Waals surface area contributed by atoms with E-state index in [1.807, 2.05) is 27.7 Å². The summed E-state index contributed by atoms with van der Waals surface area (Å²) in [4.78, 5) is 97.4. The topological polar surface area (TPSA) is 266 Å². The zero-order valence-corrected chi connectivity index (χ0v) is 53.6. The zero-order chi connectivity index (χ0) is 61.6. The molecular formula is C64H74N8O12S4. The van der Waals surface area contributed by atoms with Gasteiger partial charge in [-0.2, -0.15) is 10.5 Å². The normalized spacial score (nSPS) is 18.3. The van der Waals surface area contributed by atoms with Crippen molar-refractivity contribution in [3.8, 4) is 23.6 Å². The van der Waals surface area contributed by atoms with Gasteiger partial charge in [-0.3, -0.25) is 9.59 Å². The Bertz CT molecular complexity index is 3450. The quantitative estimate of drug-likeness (QED) is 0.0398. The van der Waals surface area contributed by atoms with Gasteiger partial charge in [0.2, 0.25) is 0 Å². The highest BCUT2D eigenvalue weighted by atomic mass is 32.2. The summed E-state index contributed by atoms with van der Waals surface area (Å²) < 4.78 is 40.9. The third-order valence-corrected chi connectivity index (χ3v) is 22.8. The molecule has 24 heteroatoms. The molecule has 4 aromatic heterocycles. The van der Waals surface area contributed by atoms with Crippen LogP contribution in [-0.2, 0) is 28.5 Å². The number of carbonyl (C=O) groups is 6. The van der Waals surface area contributed by atoms with Crippen molar-refractivity contribution in [3.63, 3.8) is 0 Å². The molecule has 5 aromatic rings. The molecule has 4 fully saturated rings. The van der Waals surface area contributed by atoms with Crippen molar-refractivity contribution in [2.75, 3.05) is 0 Å².